The van der Waals surface area contributed by atoms with E-state index in [-0.39, 0.29) is 35.9 Å². The molecule has 2 saturated heterocycles. The fourth-order valence-corrected chi connectivity index (χ4v) is 3.95. The van der Waals surface area contributed by atoms with Gasteiger partial charge in [-0.3, -0.25) is 4.79 Å². The highest BCUT2D eigenvalue weighted by Gasteiger charge is 2.69. The molecular weight excluding hydrogens is 312 g/mol. The highest BCUT2D eigenvalue weighted by molar-refractivity contribution is 5.77. The second-order valence-corrected chi connectivity index (χ2v) is 6.39. The highest BCUT2D eigenvalue weighted by atomic mass is 16.7. The van der Waals surface area contributed by atoms with E-state index in [1.807, 2.05) is 37.3 Å². The van der Waals surface area contributed by atoms with Crippen molar-refractivity contribution in [2.75, 3.05) is 20.3 Å². The fourth-order valence-electron chi connectivity index (χ4n) is 3.95. The monoisotopic (exact) mass is 334 g/mol. The van der Waals surface area contributed by atoms with Gasteiger partial charge in [0.2, 0.25) is 0 Å². The Balaban J connectivity index is 1.52. The average Bonchev–Trinajstić information content (AvgIpc) is 3.38. The summed E-state index contributed by atoms with van der Waals surface area (Å²) in [7, 11) is 1.60. The van der Waals surface area contributed by atoms with Crippen molar-refractivity contribution in [3.8, 4) is 0 Å². The lowest BCUT2D eigenvalue weighted by atomic mass is 10.0. The van der Waals surface area contributed by atoms with Gasteiger partial charge in [0.15, 0.2) is 12.6 Å². The lowest BCUT2D eigenvalue weighted by molar-refractivity contribution is -0.316. The Labute approximate surface area is 141 Å². The van der Waals surface area contributed by atoms with E-state index in [0.717, 1.165) is 5.56 Å². The lowest BCUT2D eigenvalue weighted by Crippen LogP contribution is -2.49. The molecule has 0 radical (unpaired) electrons. The predicted molar refractivity (Wildman–Crippen MR) is 82.8 cm³/mol. The Hall–Kier alpha value is -1.47. The minimum absolute atomic E-state index is 0.00942. The topological polar surface area (TPSA) is 63.2 Å². The first-order valence-corrected chi connectivity index (χ1v) is 8.41. The molecule has 1 saturated carbocycles. The molecule has 0 N–H and O–H groups in total. The normalized spacial score (nSPS) is 40.3. The summed E-state index contributed by atoms with van der Waals surface area (Å²) >= 11 is 0. The molecule has 4 rings (SSSR count). The maximum absolute atomic E-state index is 12.2. The van der Waals surface area contributed by atoms with Crippen molar-refractivity contribution in [2.45, 2.75) is 31.7 Å². The molecule has 24 heavy (non-hydrogen) atoms. The van der Waals surface area contributed by atoms with Crippen LogP contribution in [0.3, 0.4) is 0 Å². The zero-order valence-corrected chi connectivity index (χ0v) is 13.8. The second kappa shape index (κ2) is 6.44. The molecule has 1 aromatic carbocycles. The minimum Gasteiger partial charge on any atom is -0.466 e. The third-order valence-corrected chi connectivity index (χ3v) is 5.06. The molecule has 0 amide bonds. The molecule has 0 aromatic heterocycles. The van der Waals surface area contributed by atoms with Crippen LogP contribution in [0, 0.1) is 17.8 Å². The third-order valence-electron chi connectivity index (χ3n) is 5.06. The molecule has 1 aromatic rings. The SMILES string of the molecule is CCOC(=O)C1[C@@H]2[C@@H](OC)O[C@@H]3COC(c4ccccc4)O[C@H]3[C@H]12. The summed E-state index contributed by atoms with van der Waals surface area (Å²) in [5, 5.41) is 0. The van der Waals surface area contributed by atoms with Crippen LogP contribution in [0.15, 0.2) is 30.3 Å². The van der Waals surface area contributed by atoms with Crippen LogP contribution in [-0.2, 0) is 28.5 Å². The molecule has 1 aliphatic carbocycles. The number of hydrogen-bond acceptors (Lipinski definition) is 6. The van der Waals surface area contributed by atoms with E-state index >= 15 is 0 Å². The van der Waals surface area contributed by atoms with Crippen molar-refractivity contribution in [1.29, 1.82) is 0 Å². The number of carbonyl (C=O) groups is 1. The molecule has 2 unspecified atom stereocenters. The van der Waals surface area contributed by atoms with E-state index in [0.29, 0.717) is 13.2 Å². The maximum atomic E-state index is 12.2. The van der Waals surface area contributed by atoms with Crippen LogP contribution in [0.1, 0.15) is 18.8 Å². The van der Waals surface area contributed by atoms with E-state index in [1.165, 1.54) is 0 Å². The number of methoxy groups -OCH3 is 1. The molecule has 2 heterocycles. The van der Waals surface area contributed by atoms with E-state index < -0.39 is 12.6 Å². The van der Waals surface area contributed by atoms with Gasteiger partial charge < -0.3 is 23.7 Å². The van der Waals surface area contributed by atoms with Crippen LogP contribution >= 0.6 is 0 Å². The highest BCUT2D eigenvalue weighted by Crippen LogP contribution is 2.58. The molecule has 130 valence electrons. The van der Waals surface area contributed by atoms with Crippen LogP contribution in [0.2, 0.25) is 0 Å². The van der Waals surface area contributed by atoms with Crippen LogP contribution in [0.5, 0.6) is 0 Å². The second-order valence-electron chi connectivity index (χ2n) is 6.39. The van der Waals surface area contributed by atoms with E-state index in [2.05, 4.69) is 0 Å². The first-order valence-electron chi connectivity index (χ1n) is 8.41. The zero-order chi connectivity index (χ0) is 16.7. The quantitative estimate of drug-likeness (QED) is 0.784. The fraction of sp³-hybridized carbons (Fsp3) is 0.611. The standard InChI is InChI=1S/C18H22O6/c1-3-21-16(19)13-12-14(13)18(20-2)23-11-9-22-17(24-15(11)12)10-7-5-4-6-8-10/h4-8,11-15,17-18H,3,9H2,1-2H3/t11-,12-,13?,14-,15-,17?,18+/m1/s1. The first-order chi connectivity index (χ1) is 11.7. The Morgan fingerprint density at radius 3 is 2.71 bits per heavy atom. The molecule has 3 fully saturated rings. The molecule has 6 nitrogen and oxygen atoms in total. The zero-order valence-electron chi connectivity index (χ0n) is 13.8. The Morgan fingerprint density at radius 1 is 1.21 bits per heavy atom. The number of hydrogen-bond donors (Lipinski definition) is 0. The summed E-state index contributed by atoms with van der Waals surface area (Å²) in [6.45, 7) is 2.61. The van der Waals surface area contributed by atoms with Crippen LogP contribution in [0.4, 0.5) is 0 Å². The Kier molecular flexibility index (Phi) is 4.30. The number of rotatable bonds is 4. The van der Waals surface area contributed by atoms with Gasteiger partial charge in [-0.05, 0) is 6.92 Å². The lowest BCUT2D eigenvalue weighted by Gasteiger charge is -2.41. The molecule has 3 aliphatic rings. The van der Waals surface area contributed by atoms with Gasteiger partial charge in [-0.15, -0.1) is 0 Å². The molecule has 0 spiro atoms. The van der Waals surface area contributed by atoms with E-state index in [4.69, 9.17) is 23.7 Å². The number of esters is 1. The van der Waals surface area contributed by atoms with Crippen molar-refractivity contribution in [1.82, 2.24) is 0 Å². The average molecular weight is 334 g/mol. The van der Waals surface area contributed by atoms with Gasteiger partial charge in [0.1, 0.15) is 6.10 Å². The van der Waals surface area contributed by atoms with Gasteiger partial charge in [-0.1, -0.05) is 30.3 Å². The van der Waals surface area contributed by atoms with Gasteiger partial charge in [0, 0.05) is 24.5 Å². The summed E-state index contributed by atoms with van der Waals surface area (Å²) in [5.41, 5.74) is 0.967. The number of fused-ring (bicyclic) bond motifs is 3. The van der Waals surface area contributed by atoms with Crippen LogP contribution < -0.4 is 0 Å². The van der Waals surface area contributed by atoms with Crippen molar-refractivity contribution < 1.29 is 28.5 Å². The smallest absolute Gasteiger partial charge is 0.309 e. The number of benzene rings is 1. The predicted octanol–water partition coefficient (Wildman–Crippen LogP) is 1.90. The molecule has 7 atom stereocenters. The van der Waals surface area contributed by atoms with Crippen molar-refractivity contribution >= 4 is 5.97 Å². The van der Waals surface area contributed by atoms with E-state index in [9.17, 15) is 4.79 Å². The Morgan fingerprint density at radius 2 is 2.00 bits per heavy atom. The Bertz CT molecular complexity index is 590. The molecule has 0 bridgehead atoms. The van der Waals surface area contributed by atoms with Gasteiger partial charge in [0.25, 0.3) is 0 Å². The van der Waals surface area contributed by atoms with Gasteiger partial charge in [-0.2, -0.15) is 0 Å². The number of carbonyl (C=O) groups excluding carboxylic acids is 1. The van der Waals surface area contributed by atoms with Gasteiger partial charge in [-0.25, -0.2) is 0 Å². The van der Waals surface area contributed by atoms with Crippen molar-refractivity contribution in [2.24, 2.45) is 17.8 Å². The number of ether oxygens (including phenoxy) is 5. The maximum Gasteiger partial charge on any atom is 0.309 e. The molecule has 2 aliphatic heterocycles. The van der Waals surface area contributed by atoms with E-state index in [1.54, 1.807) is 7.11 Å². The molecule has 6 heteroatoms. The van der Waals surface area contributed by atoms with Gasteiger partial charge in [0.05, 0.1) is 25.2 Å². The third kappa shape index (κ3) is 2.63. The summed E-state index contributed by atoms with van der Waals surface area (Å²) in [6.07, 6.45) is -1.25. The van der Waals surface area contributed by atoms with Crippen molar-refractivity contribution in [3.05, 3.63) is 35.9 Å². The van der Waals surface area contributed by atoms with Gasteiger partial charge >= 0.3 is 5.97 Å². The first kappa shape index (κ1) is 16.0. The molecular formula is C18H22O6. The van der Waals surface area contributed by atoms with Crippen molar-refractivity contribution in [3.63, 3.8) is 0 Å². The minimum atomic E-state index is -0.431. The van der Waals surface area contributed by atoms with Crippen LogP contribution in [-0.4, -0.2) is 44.8 Å². The van der Waals surface area contributed by atoms with Crippen LogP contribution in [0.25, 0.3) is 0 Å². The summed E-state index contributed by atoms with van der Waals surface area (Å²) in [6, 6.07) is 9.80. The largest absolute Gasteiger partial charge is 0.466 e. The summed E-state index contributed by atoms with van der Waals surface area (Å²) < 4.78 is 28.6. The summed E-state index contributed by atoms with van der Waals surface area (Å²) in [4.78, 5) is 12.2. The summed E-state index contributed by atoms with van der Waals surface area (Å²) in [5.74, 6) is -0.364.